The molecule has 0 N–H and O–H groups in total. The second kappa shape index (κ2) is 2.88. The van der Waals surface area contributed by atoms with Gasteiger partial charge in [-0.05, 0) is 13.8 Å². The van der Waals surface area contributed by atoms with E-state index >= 15 is 0 Å². The zero-order valence-corrected chi connectivity index (χ0v) is 7.58. The van der Waals surface area contributed by atoms with Crippen LogP contribution in [-0.4, -0.2) is 3.23 Å². The smallest absolute Gasteiger partial charge is 0.0894 e. The molecule has 0 saturated carbocycles. The topological polar surface area (TPSA) is 0 Å². The van der Waals surface area contributed by atoms with E-state index in [1.807, 2.05) is 26.0 Å². The first-order valence-corrected chi connectivity index (χ1v) is 3.66. The Morgan fingerprint density at radius 2 is 1.86 bits per heavy atom. The minimum absolute atomic E-state index is 0.00521. The van der Waals surface area contributed by atoms with Crippen LogP contribution < -0.4 is 0 Å². The van der Waals surface area contributed by atoms with Crippen molar-refractivity contribution in [2.24, 2.45) is 0 Å². The van der Waals surface area contributed by atoms with Gasteiger partial charge in [-0.3, -0.25) is 0 Å². The van der Waals surface area contributed by atoms with E-state index in [1.54, 1.807) is 0 Å². The Balaban J connectivity index is 3.56. The van der Waals surface area contributed by atoms with Crippen molar-refractivity contribution in [3.63, 3.8) is 0 Å². The number of hydrogen-bond donors (Lipinski definition) is 0. The summed E-state index contributed by atoms with van der Waals surface area (Å²) in [6.07, 6.45) is 4.01. The van der Waals surface area contributed by atoms with Gasteiger partial charge in [-0.1, -0.05) is 44.0 Å². The van der Waals surface area contributed by atoms with Crippen LogP contribution in [0.25, 0.3) is 0 Å². The monoisotopic (exact) mass is 226 g/mol. The highest BCUT2D eigenvalue weighted by Gasteiger charge is 2.06. The predicted octanol–water partition coefficient (Wildman–Crippen LogP) is 3.07. The van der Waals surface area contributed by atoms with E-state index in [4.69, 9.17) is 0 Å². The quantitative estimate of drug-likeness (QED) is 0.477. The Kier molecular flexibility index (Phi) is 3.16. The molecule has 2 heteroatoms. The minimum atomic E-state index is -0.00521. The van der Waals surface area contributed by atoms with E-state index in [2.05, 4.69) is 31.9 Å². The summed E-state index contributed by atoms with van der Waals surface area (Å²) in [5, 5.41) is 0. The van der Waals surface area contributed by atoms with Crippen molar-refractivity contribution in [3.8, 4) is 0 Å². The number of allylic oxidation sites excluding steroid dienone is 2. The van der Waals surface area contributed by atoms with E-state index in [9.17, 15) is 0 Å². The molecule has 0 bridgehead atoms. The lowest BCUT2D eigenvalue weighted by Crippen LogP contribution is -1.95. The molecule has 0 radical (unpaired) electrons. The van der Waals surface area contributed by atoms with Gasteiger partial charge in [0.1, 0.15) is 0 Å². The summed E-state index contributed by atoms with van der Waals surface area (Å²) in [5.74, 6) is 0. The zero-order valence-electron chi connectivity index (χ0n) is 4.41. The Labute approximate surface area is 61.2 Å². The molecule has 0 atom stereocenters. The molecule has 0 nitrogen and oxygen atoms in total. The van der Waals surface area contributed by atoms with Crippen LogP contribution in [-0.2, 0) is 0 Å². The van der Waals surface area contributed by atoms with Crippen molar-refractivity contribution >= 4 is 31.9 Å². The van der Waals surface area contributed by atoms with Crippen molar-refractivity contribution < 1.29 is 0 Å². The molecule has 0 amide bonds. The Morgan fingerprint density at radius 3 is 1.86 bits per heavy atom. The third kappa shape index (κ3) is 6.70. The fourth-order valence-corrected chi connectivity index (χ4v) is 0.821. The predicted molar refractivity (Wildman–Crippen MR) is 41.1 cm³/mol. The highest BCUT2D eigenvalue weighted by molar-refractivity contribution is 9.25. The molecule has 0 aliphatic carbocycles. The normalized spacial score (nSPS) is 13.1. The van der Waals surface area contributed by atoms with Gasteiger partial charge in [-0.15, -0.1) is 0 Å². The highest BCUT2D eigenvalue weighted by atomic mass is 79.9. The van der Waals surface area contributed by atoms with Crippen LogP contribution in [0.1, 0.15) is 13.8 Å². The summed E-state index contributed by atoms with van der Waals surface area (Å²) in [7, 11) is 0. The molecule has 42 valence electrons. The number of halogens is 2. The maximum absolute atomic E-state index is 3.37. The molecular weight excluding hydrogens is 220 g/mol. The van der Waals surface area contributed by atoms with Crippen LogP contribution in [0.15, 0.2) is 12.2 Å². The second-order valence-corrected chi connectivity index (χ2v) is 5.82. The average Bonchev–Trinajstić information content (AvgIpc) is 1.30. The fraction of sp³-hybridized carbons (Fsp3) is 0.600. The Morgan fingerprint density at radius 1 is 1.43 bits per heavy atom. The van der Waals surface area contributed by atoms with E-state index in [-0.39, 0.29) is 3.23 Å². The lowest BCUT2D eigenvalue weighted by Gasteiger charge is -2.03. The van der Waals surface area contributed by atoms with E-state index < -0.39 is 0 Å². The first-order valence-electron chi connectivity index (χ1n) is 2.08. The van der Waals surface area contributed by atoms with Crippen LogP contribution in [0, 0.1) is 0 Å². The molecule has 0 rings (SSSR count). The van der Waals surface area contributed by atoms with Crippen LogP contribution in [0.2, 0.25) is 0 Å². The number of hydrogen-bond acceptors (Lipinski definition) is 0. The van der Waals surface area contributed by atoms with Gasteiger partial charge in [-0.25, -0.2) is 0 Å². The average molecular weight is 228 g/mol. The first kappa shape index (κ1) is 7.70. The van der Waals surface area contributed by atoms with Gasteiger partial charge in [0.25, 0.3) is 0 Å². The third-order valence-electron chi connectivity index (χ3n) is 0.459. The van der Waals surface area contributed by atoms with Gasteiger partial charge in [0.05, 0.1) is 3.23 Å². The summed E-state index contributed by atoms with van der Waals surface area (Å²) < 4.78 is -0.00521. The Hall–Kier alpha value is 0.700. The van der Waals surface area contributed by atoms with E-state index in [0.717, 1.165) is 0 Å². The summed E-state index contributed by atoms with van der Waals surface area (Å²) in [4.78, 5) is 0. The van der Waals surface area contributed by atoms with Crippen LogP contribution in [0.5, 0.6) is 0 Å². The summed E-state index contributed by atoms with van der Waals surface area (Å²) in [6.45, 7) is 4.01. The number of rotatable bonds is 1. The summed E-state index contributed by atoms with van der Waals surface area (Å²) >= 11 is 6.74. The molecule has 0 aliphatic rings. The van der Waals surface area contributed by atoms with Gasteiger partial charge in [0, 0.05) is 0 Å². The molecule has 0 aliphatic heterocycles. The van der Waals surface area contributed by atoms with Crippen molar-refractivity contribution in [2.45, 2.75) is 17.1 Å². The standard InChI is InChI=1S/C5H8Br2/c1-3-4-5(2,6)7/h3-4H,1-2H3/b4-3+. The molecule has 0 aromatic rings. The van der Waals surface area contributed by atoms with Crippen molar-refractivity contribution in [1.82, 2.24) is 0 Å². The SMILES string of the molecule is C/C=C/C(C)(Br)Br. The molecule has 0 aromatic carbocycles. The first-order chi connectivity index (χ1) is 3.06. The van der Waals surface area contributed by atoms with Crippen molar-refractivity contribution in [3.05, 3.63) is 12.2 Å². The molecule has 0 fully saturated rings. The van der Waals surface area contributed by atoms with E-state index in [1.165, 1.54) is 0 Å². The molecule has 0 spiro atoms. The van der Waals surface area contributed by atoms with Gasteiger partial charge in [-0.2, -0.15) is 0 Å². The van der Waals surface area contributed by atoms with Crippen LogP contribution >= 0.6 is 31.9 Å². The summed E-state index contributed by atoms with van der Waals surface area (Å²) in [6, 6.07) is 0. The maximum Gasteiger partial charge on any atom is 0.0956 e. The molecular formula is C5H8Br2. The van der Waals surface area contributed by atoms with Crippen LogP contribution in [0.4, 0.5) is 0 Å². The van der Waals surface area contributed by atoms with Gasteiger partial charge < -0.3 is 0 Å². The minimum Gasteiger partial charge on any atom is -0.0894 e. The Bertz CT molecular complexity index is 68.6. The van der Waals surface area contributed by atoms with Crippen LogP contribution in [0.3, 0.4) is 0 Å². The summed E-state index contributed by atoms with van der Waals surface area (Å²) in [5.41, 5.74) is 0. The zero-order chi connectivity index (χ0) is 5.91. The van der Waals surface area contributed by atoms with Crippen molar-refractivity contribution in [2.75, 3.05) is 0 Å². The molecule has 7 heavy (non-hydrogen) atoms. The van der Waals surface area contributed by atoms with Gasteiger partial charge in [0.15, 0.2) is 0 Å². The maximum atomic E-state index is 3.37. The van der Waals surface area contributed by atoms with Crippen molar-refractivity contribution in [1.29, 1.82) is 0 Å². The molecule has 0 saturated heterocycles. The molecule has 0 aromatic heterocycles. The second-order valence-electron chi connectivity index (χ2n) is 1.46. The van der Waals surface area contributed by atoms with Gasteiger partial charge >= 0.3 is 0 Å². The molecule has 0 heterocycles. The fourth-order valence-electron chi connectivity index (χ4n) is 0.293. The molecule has 0 unspecified atom stereocenters. The number of alkyl halides is 2. The van der Waals surface area contributed by atoms with E-state index in [0.29, 0.717) is 0 Å². The highest BCUT2D eigenvalue weighted by Crippen LogP contribution is 2.25. The van der Waals surface area contributed by atoms with Gasteiger partial charge in [0.2, 0.25) is 0 Å². The third-order valence-corrected chi connectivity index (χ3v) is 0.988. The largest absolute Gasteiger partial charge is 0.0956 e. The lowest BCUT2D eigenvalue weighted by atomic mass is 10.4. The lowest BCUT2D eigenvalue weighted by molar-refractivity contribution is 1.20.